The van der Waals surface area contributed by atoms with Gasteiger partial charge in [0.1, 0.15) is 17.5 Å². The van der Waals surface area contributed by atoms with E-state index in [9.17, 15) is 9.59 Å². The minimum absolute atomic E-state index is 0.0852. The van der Waals surface area contributed by atoms with E-state index in [0.717, 1.165) is 11.3 Å². The first-order valence-electron chi connectivity index (χ1n) is 8.39. The molecule has 1 atom stereocenters. The molecule has 0 bridgehead atoms. The highest BCUT2D eigenvalue weighted by molar-refractivity contribution is 5.96. The molecule has 0 saturated heterocycles. The molecule has 0 aliphatic heterocycles. The molecule has 0 fully saturated rings. The molecule has 0 radical (unpaired) electrons. The molecule has 2 aromatic carbocycles. The predicted octanol–water partition coefficient (Wildman–Crippen LogP) is 4.11. The number of methoxy groups -OCH3 is 1. The van der Waals surface area contributed by atoms with Crippen LogP contribution in [0.5, 0.6) is 11.5 Å². The summed E-state index contributed by atoms with van der Waals surface area (Å²) in [6.07, 6.45) is -0.638. The van der Waals surface area contributed by atoms with Crippen molar-refractivity contribution in [1.29, 1.82) is 0 Å². The maximum Gasteiger partial charge on any atom is 0.407 e. The van der Waals surface area contributed by atoms with Crippen LogP contribution >= 0.6 is 0 Å². The third-order valence-electron chi connectivity index (χ3n) is 3.75. The van der Waals surface area contributed by atoms with Crippen LogP contribution in [0.3, 0.4) is 0 Å². The van der Waals surface area contributed by atoms with Crippen LogP contribution in [0.1, 0.15) is 19.4 Å². The number of anilines is 1. The summed E-state index contributed by atoms with van der Waals surface area (Å²) in [5.41, 5.74) is 1.73. The summed E-state index contributed by atoms with van der Waals surface area (Å²) in [5, 5.41) is 5.33. The van der Waals surface area contributed by atoms with Gasteiger partial charge < -0.3 is 20.1 Å². The van der Waals surface area contributed by atoms with E-state index in [0.29, 0.717) is 11.4 Å². The Labute approximate surface area is 153 Å². The fourth-order valence-corrected chi connectivity index (χ4v) is 2.36. The molecule has 2 amide bonds. The zero-order valence-corrected chi connectivity index (χ0v) is 15.4. The van der Waals surface area contributed by atoms with E-state index in [1.807, 2.05) is 45.0 Å². The van der Waals surface area contributed by atoms with Crippen molar-refractivity contribution in [2.75, 3.05) is 12.4 Å². The van der Waals surface area contributed by atoms with Crippen molar-refractivity contribution in [3.8, 4) is 11.5 Å². The third kappa shape index (κ3) is 5.51. The minimum atomic E-state index is -0.689. The summed E-state index contributed by atoms with van der Waals surface area (Å²) in [4.78, 5) is 23.8. The first-order valence-corrected chi connectivity index (χ1v) is 8.39. The first kappa shape index (κ1) is 19.3. The summed E-state index contributed by atoms with van der Waals surface area (Å²) in [7, 11) is 1.26. The normalized spacial score (nSPS) is 11.6. The second kappa shape index (κ2) is 8.89. The maximum absolute atomic E-state index is 12.4. The number of benzene rings is 2. The average molecular weight is 356 g/mol. The van der Waals surface area contributed by atoms with E-state index in [-0.39, 0.29) is 11.8 Å². The number of carbonyl (C=O) groups excluding carboxylic acids is 2. The van der Waals surface area contributed by atoms with Crippen LogP contribution in [-0.4, -0.2) is 25.2 Å². The lowest BCUT2D eigenvalue weighted by Crippen LogP contribution is -2.47. The van der Waals surface area contributed by atoms with Gasteiger partial charge in [-0.15, -0.1) is 0 Å². The summed E-state index contributed by atoms with van der Waals surface area (Å²) in [5.74, 6) is 1.03. The molecule has 138 valence electrons. The van der Waals surface area contributed by atoms with Gasteiger partial charge in [0, 0.05) is 5.69 Å². The molecular formula is C20H24N2O4. The van der Waals surface area contributed by atoms with E-state index in [4.69, 9.17) is 4.74 Å². The monoisotopic (exact) mass is 356 g/mol. The van der Waals surface area contributed by atoms with E-state index in [1.54, 1.807) is 24.3 Å². The number of nitrogens with one attached hydrogen (secondary N) is 2. The van der Waals surface area contributed by atoms with Crippen LogP contribution in [0.4, 0.5) is 10.5 Å². The van der Waals surface area contributed by atoms with Gasteiger partial charge in [0.15, 0.2) is 0 Å². The van der Waals surface area contributed by atoms with Crippen LogP contribution in [0.25, 0.3) is 0 Å². The van der Waals surface area contributed by atoms with Gasteiger partial charge >= 0.3 is 6.09 Å². The van der Waals surface area contributed by atoms with Gasteiger partial charge in [-0.2, -0.15) is 0 Å². The highest BCUT2D eigenvalue weighted by atomic mass is 16.5. The number of hydrogen-bond acceptors (Lipinski definition) is 4. The maximum atomic E-state index is 12.4. The molecule has 0 aromatic heterocycles. The number of ether oxygens (including phenoxy) is 2. The second-order valence-electron chi connectivity index (χ2n) is 6.29. The van der Waals surface area contributed by atoms with E-state index >= 15 is 0 Å². The van der Waals surface area contributed by atoms with Crippen molar-refractivity contribution >= 4 is 17.7 Å². The molecule has 6 nitrogen and oxygen atoms in total. The van der Waals surface area contributed by atoms with Crippen LogP contribution in [0.15, 0.2) is 48.5 Å². The second-order valence-corrected chi connectivity index (χ2v) is 6.29. The van der Waals surface area contributed by atoms with Crippen LogP contribution in [-0.2, 0) is 9.53 Å². The fourth-order valence-electron chi connectivity index (χ4n) is 2.36. The molecule has 0 aliphatic carbocycles. The number of aryl methyl sites for hydroxylation is 1. The largest absolute Gasteiger partial charge is 0.457 e. The Balaban J connectivity index is 2.01. The van der Waals surface area contributed by atoms with E-state index in [1.165, 1.54) is 7.11 Å². The molecular weight excluding hydrogens is 332 g/mol. The molecule has 2 N–H and O–H groups in total. The predicted molar refractivity (Wildman–Crippen MR) is 100 cm³/mol. The lowest BCUT2D eigenvalue weighted by atomic mass is 10.0. The Hall–Kier alpha value is -3.02. The minimum Gasteiger partial charge on any atom is -0.457 e. The van der Waals surface area contributed by atoms with Crippen molar-refractivity contribution < 1.29 is 19.1 Å². The van der Waals surface area contributed by atoms with Crippen LogP contribution in [0, 0.1) is 12.8 Å². The Morgan fingerprint density at radius 1 is 1.00 bits per heavy atom. The highest BCUT2D eigenvalue weighted by Crippen LogP contribution is 2.23. The number of hydrogen-bond donors (Lipinski definition) is 2. The van der Waals surface area contributed by atoms with Gasteiger partial charge in [-0.3, -0.25) is 4.79 Å². The van der Waals surface area contributed by atoms with Crippen molar-refractivity contribution in [2.45, 2.75) is 26.8 Å². The lowest BCUT2D eigenvalue weighted by Gasteiger charge is -2.21. The summed E-state index contributed by atoms with van der Waals surface area (Å²) >= 11 is 0. The molecule has 0 spiro atoms. The number of amides is 2. The van der Waals surface area contributed by atoms with Crippen molar-refractivity contribution in [3.63, 3.8) is 0 Å². The van der Waals surface area contributed by atoms with Crippen LogP contribution < -0.4 is 15.4 Å². The van der Waals surface area contributed by atoms with Gasteiger partial charge in [-0.05, 0) is 54.8 Å². The molecule has 2 rings (SSSR count). The smallest absolute Gasteiger partial charge is 0.407 e. The molecule has 1 unspecified atom stereocenters. The Bertz CT molecular complexity index is 757. The van der Waals surface area contributed by atoms with Crippen LogP contribution in [0.2, 0.25) is 0 Å². The summed E-state index contributed by atoms with van der Waals surface area (Å²) < 4.78 is 10.4. The molecule has 2 aromatic rings. The highest BCUT2D eigenvalue weighted by Gasteiger charge is 2.24. The van der Waals surface area contributed by atoms with Gasteiger partial charge in [-0.25, -0.2) is 4.79 Å². The van der Waals surface area contributed by atoms with Gasteiger partial charge in [-0.1, -0.05) is 26.0 Å². The Morgan fingerprint density at radius 2 is 1.69 bits per heavy atom. The average Bonchev–Trinajstić information content (AvgIpc) is 2.60. The summed E-state index contributed by atoms with van der Waals surface area (Å²) in [6, 6.07) is 14.1. The zero-order valence-electron chi connectivity index (χ0n) is 15.4. The van der Waals surface area contributed by atoms with Crippen molar-refractivity contribution in [3.05, 3.63) is 54.1 Å². The van der Waals surface area contributed by atoms with E-state index in [2.05, 4.69) is 15.4 Å². The number of carbonyl (C=O) groups is 2. The number of alkyl carbamates (subject to hydrolysis) is 1. The Morgan fingerprint density at radius 3 is 2.27 bits per heavy atom. The van der Waals surface area contributed by atoms with E-state index < -0.39 is 12.1 Å². The quantitative estimate of drug-likeness (QED) is 0.817. The zero-order chi connectivity index (χ0) is 19.1. The SMILES string of the molecule is COC(=O)NC(C(=O)Nc1ccc(Oc2cccc(C)c2)cc1)C(C)C. The molecule has 0 saturated carbocycles. The summed E-state index contributed by atoms with van der Waals surface area (Å²) in [6.45, 7) is 5.69. The van der Waals surface area contributed by atoms with Gasteiger partial charge in [0.25, 0.3) is 0 Å². The molecule has 6 heteroatoms. The molecule has 26 heavy (non-hydrogen) atoms. The molecule has 0 heterocycles. The standard InChI is InChI=1S/C20H24N2O4/c1-13(2)18(22-20(24)25-4)19(23)21-15-8-10-16(11-9-15)26-17-7-5-6-14(3)12-17/h5-13,18H,1-4H3,(H,21,23)(H,22,24). The topological polar surface area (TPSA) is 76.7 Å². The molecule has 0 aliphatic rings. The van der Waals surface area contributed by atoms with Crippen molar-refractivity contribution in [2.24, 2.45) is 5.92 Å². The van der Waals surface area contributed by atoms with Gasteiger partial charge in [0.2, 0.25) is 5.91 Å². The van der Waals surface area contributed by atoms with Crippen molar-refractivity contribution in [1.82, 2.24) is 5.32 Å². The Kier molecular flexibility index (Phi) is 6.60. The lowest BCUT2D eigenvalue weighted by molar-refractivity contribution is -0.119. The third-order valence-corrected chi connectivity index (χ3v) is 3.75. The first-order chi connectivity index (χ1) is 12.4. The fraction of sp³-hybridized carbons (Fsp3) is 0.300. The number of rotatable bonds is 6. The van der Waals surface area contributed by atoms with Gasteiger partial charge in [0.05, 0.1) is 7.11 Å².